The summed E-state index contributed by atoms with van der Waals surface area (Å²) in [7, 11) is 0. The summed E-state index contributed by atoms with van der Waals surface area (Å²) >= 11 is 0. The van der Waals surface area contributed by atoms with Gasteiger partial charge in [0, 0.05) is 24.2 Å². The molecule has 3 aromatic rings. The van der Waals surface area contributed by atoms with Crippen molar-refractivity contribution in [2.24, 2.45) is 5.73 Å². The fourth-order valence-corrected chi connectivity index (χ4v) is 3.10. The van der Waals surface area contributed by atoms with E-state index in [1.54, 1.807) is 41.0 Å². The average Bonchev–Trinajstić information content (AvgIpc) is 3.33. The molecule has 0 saturated carbocycles. The molecule has 9 nitrogen and oxygen atoms in total. The summed E-state index contributed by atoms with van der Waals surface area (Å²) in [5.74, 6) is -0.147. The molecule has 4 heterocycles. The molecular weight excluding hydrogens is 417 g/mol. The number of hydrogen-bond donors (Lipinski definition) is 1. The second-order valence-corrected chi connectivity index (χ2v) is 6.86. The van der Waals surface area contributed by atoms with E-state index in [-0.39, 0.29) is 18.4 Å². The third-order valence-corrected chi connectivity index (χ3v) is 4.41. The summed E-state index contributed by atoms with van der Waals surface area (Å²) in [4.78, 5) is 21.3. The molecule has 0 unspecified atom stereocenters. The zero-order chi connectivity index (χ0) is 22.2. The Morgan fingerprint density at radius 1 is 1.35 bits per heavy atom. The minimum absolute atomic E-state index is 0.0422. The highest BCUT2D eigenvalue weighted by atomic mass is 19.4. The number of anilines is 1. The predicted molar refractivity (Wildman–Crippen MR) is 103 cm³/mol. The summed E-state index contributed by atoms with van der Waals surface area (Å²) < 4.78 is 48.7. The van der Waals surface area contributed by atoms with Gasteiger partial charge in [0.15, 0.2) is 13.3 Å². The number of nitrogens with zero attached hydrogens (tertiary/aromatic N) is 5. The van der Waals surface area contributed by atoms with Gasteiger partial charge in [0.1, 0.15) is 5.82 Å². The predicted octanol–water partition coefficient (Wildman–Crippen LogP) is 2.24. The third-order valence-electron chi connectivity index (χ3n) is 4.41. The first-order chi connectivity index (χ1) is 14.7. The van der Waals surface area contributed by atoms with E-state index >= 15 is 0 Å². The van der Waals surface area contributed by atoms with Crippen molar-refractivity contribution in [2.75, 3.05) is 18.2 Å². The van der Waals surface area contributed by atoms with Crippen LogP contribution in [0.25, 0.3) is 10.9 Å². The Morgan fingerprint density at radius 3 is 2.84 bits per heavy atom. The second-order valence-electron chi connectivity index (χ2n) is 6.86. The van der Waals surface area contributed by atoms with Crippen LogP contribution in [0.4, 0.5) is 19.0 Å². The zero-order valence-electron chi connectivity index (χ0n) is 16.3. The number of rotatable bonds is 6. The van der Waals surface area contributed by atoms with Crippen LogP contribution in [0, 0.1) is 6.92 Å². The van der Waals surface area contributed by atoms with Crippen LogP contribution in [0.5, 0.6) is 5.88 Å². The fourth-order valence-electron chi connectivity index (χ4n) is 3.10. The van der Waals surface area contributed by atoms with Gasteiger partial charge in [0.25, 0.3) is 5.91 Å². The van der Waals surface area contributed by atoms with Crippen LogP contribution in [0.3, 0.4) is 0 Å². The molecule has 0 fully saturated rings. The molecule has 0 spiro atoms. The van der Waals surface area contributed by atoms with Gasteiger partial charge in [-0.3, -0.25) is 14.4 Å². The molecule has 0 saturated heterocycles. The number of carbonyl (C=O) groups excluding carboxylic acids is 1. The average molecular weight is 434 g/mol. The van der Waals surface area contributed by atoms with Crippen molar-refractivity contribution < 1.29 is 27.4 Å². The van der Waals surface area contributed by atoms with Crippen molar-refractivity contribution in [3.05, 3.63) is 53.8 Å². The Bertz CT molecular complexity index is 1170. The number of aryl methyl sites for hydroxylation is 1. The van der Waals surface area contributed by atoms with Crippen LogP contribution in [0.2, 0.25) is 0 Å². The van der Waals surface area contributed by atoms with Crippen molar-refractivity contribution in [1.82, 2.24) is 19.7 Å². The Morgan fingerprint density at radius 2 is 2.16 bits per heavy atom. The maximum Gasteiger partial charge on any atom is 0.422 e. The molecule has 0 aromatic carbocycles. The van der Waals surface area contributed by atoms with Crippen LogP contribution in [0.15, 0.2) is 42.7 Å². The molecule has 31 heavy (non-hydrogen) atoms. The van der Waals surface area contributed by atoms with E-state index in [0.717, 1.165) is 10.9 Å². The van der Waals surface area contributed by atoms with Crippen molar-refractivity contribution in [3.8, 4) is 5.88 Å². The minimum Gasteiger partial charge on any atom is -0.468 e. The lowest BCUT2D eigenvalue weighted by atomic mass is 10.2. The van der Waals surface area contributed by atoms with Gasteiger partial charge in [-0.2, -0.15) is 18.3 Å². The zero-order valence-corrected chi connectivity index (χ0v) is 16.3. The molecule has 12 heteroatoms. The molecule has 1 aliphatic rings. The first-order valence-corrected chi connectivity index (χ1v) is 9.08. The number of aromatic nitrogens is 4. The van der Waals surface area contributed by atoms with Crippen LogP contribution < -0.4 is 15.4 Å². The number of alkyl halides is 3. The number of ether oxygens (including phenoxy) is 2. The lowest BCUT2D eigenvalue weighted by molar-refractivity contribution is -0.154. The summed E-state index contributed by atoms with van der Waals surface area (Å²) in [6.45, 7) is 0.658. The number of amides is 1. The largest absolute Gasteiger partial charge is 0.468 e. The second kappa shape index (κ2) is 7.78. The van der Waals surface area contributed by atoms with Crippen molar-refractivity contribution in [2.45, 2.75) is 19.6 Å². The third kappa shape index (κ3) is 4.52. The van der Waals surface area contributed by atoms with Crippen LogP contribution in [-0.2, 0) is 16.1 Å². The summed E-state index contributed by atoms with van der Waals surface area (Å²) in [5, 5.41) is 5.23. The van der Waals surface area contributed by atoms with E-state index in [2.05, 4.69) is 15.1 Å². The molecule has 2 N–H and O–H groups in total. The quantitative estimate of drug-likeness (QED) is 0.634. The molecule has 1 aliphatic heterocycles. The van der Waals surface area contributed by atoms with E-state index in [1.807, 2.05) is 0 Å². The van der Waals surface area contributed by atoms with Gasteiger partial charge >= 0.3 is 6.18 Å². The molecule has 162 valence electrons. The van der Waals surface area contributed by atoms with Gasteiger partial charge in [0.2, 0.25) is 11.6 Å². The Kier molecular flexibility index (Phi) is 5.13. The highest BCUT2D eigenvalue weighted by Crippen LogP contribution is 2.27. The van der Waals surface area contributed by atoms with Gasteiger partial charge in [-0.1, -0.05) is 0 Å². The number of carbonyl (C=O) groups is 1. The summed E-state index contributed by atoms with van der Waals surface area (Å²) in [6, 6.07) is 3.43. The summed E-state index contributed by atoms with van der Waals surface area (Å²) in [6.07, 6.45) is 1.86. The SMILES string of the molecule is Cc1cc(Cn2cc3c(N4C=C(C(N)=O)OC4)nccc3n2)cnc1OCC(F)(F)F. The highest BCUT2D eigenvalue weighted by molar-refractivity contribution is 5.93. The molecular formula is C19H17F3N6O3. The topological polar surface area (TPSA) is 108 Å². The van der Waals surface area contributed by atoms with Gasteiger partial charge in [-0.25, -0.2) is 9.97 Å². The van der Waals surface area contributed by atoms with Gasteiger partial charge in [0.05, 0.1) is 23.6 Å². The molecule has 1 amide bonds. The van der Waals surface area contributed by atoms with Gasteiger partial charge in [-0.05, 0) is 24.6 Å². The molecule has 0 atom stereocenters. The van der Waals surface area contributed by atoms with E-state index in [9.17, 15) is 18.0 Å². The standard InChI is InChI=1S/C19H17F3N6O3/c1-11-4-12(5-25-18(11)30-9-19(20,21)22)6-28-7-13-14(26-28)2-3-24-17(13)27-8-15(16(23)29)31-10-27/h2-5,7-8H,6,9-10H2,1H3,(H2,23,29). The molecule has 0 bridgehead atoms. The Labute approximate surface area is 173 Å². The van der Waals surface area contributed by atoms with Crippen molar-refractivity contribution in [1.29, 1.82) is 0 Å². The molecule has 0 radical (unpaired) electrons. The normalized spacial score (nSPS) is 13.9. The van der Waals surface area contributed by atoms with Gasteiger partial charge < -0.3 is 15.2 Å². The first-order valence-electron chi connectivity index (χ1n) is 9.08. The van der Waals surface area contributed by atoms with Crippen molar-refractivity contribution >= 4 is 22.6 Å². The lowest BCUT2D eigenvalue weighted by Gasteiger charge is -2.12. The first kappa shape index (κ1) is 20.4. The smallest absolute Gasteiger partial charge is 0.422 e. The van der Waals surface area contributed by atoms with E-state index < -0.39 is 18.7 Å². The fraction of sp³-hybridized carbons (Fsp3) is 0.263. The molecule has 0 aliphatic carbocycles. The number of primary amides is 1. The number of nitrogens with two attached hydrogens (primary N) is 1. The number of hydrogen-bond acceptors (Lipinski definition) is 7. The molecule has 4 rings (SSSR count). The number of fused-ring (bicyclic) bond motifs is 1. The Hall–Kier alpha value is -3.83. The minimum atomic E-state index is -4.43. The van der Waals surface area contributed by atoms with Crippen LogP contribution >= 0.6 is 0 Å². The highest BCUT2D eigenvalue weighted by Gasteiger charge is 2.29. The maximum absolute atomic E-state index is 12.3. The molecule has 3 aromatic heterocycles. The Balaban J connectivity index is 1.55. The lowest BCUT2D eigenvalue weighted by Crippen LogP contribution is -2.20. The number of pyridine rings is 2. The monoisotopic (exact) mass is 434 g/mol. The van der Waals surface area contributed by atoms with Gasteiger partial charge in [-0.15, -0.1) is 0 Å². The van der Waals surface area contributed by atoms with E-state index in [4.69, 9.17) is 15.2 Å². The van der Waals surface area contributed by atoms with E-state index in [1.165, 1.54) is 12.4 Å². The van der Waals surface area contributed by atoms with E-state index in [0.29, 0.717) is 23.4 Å². The van der Waals surface area contributed by atoms with Crippen LogP contribution in [0.1, 0.15) is 11.1 Å². The van der Waals surface area contributed by atoms with Crippen LogP contribution in [-0.4, -0.2) is 45.2 Å². The van der Waals surface area contributed by atoms with Crippen molar-refractivity contribution in [3.63, 3.8) is 0 Å². The number of halogens is 3. The maximum atomic E-state index is 12.3. The summed E-state index contributed by atoms with van der Waals surface area (Å²) in [5.41, 5.74) is 7.13.